The average Bonchev–Trinajstić information content (AvgIpc) is 2.93. The fraction of sp³-hybridized carbons (Fsp3) is 0.389. The minimum absolute atomic E-state index is 0.147. The summed E-state index contributed by atoms with van der Waals surface area (Å²) in [6.45, 7) is 9.16. The van der Waals surface area contributed by atoms with E-state index in [1.165, 1.54) is 5.56 Å². The molecule has 0 aromatic heterocycles. The van der Waals surface area contributed by atoms with Gasteiger partial charge in [0.2, 0.25) is 0 Å². The highest BCUT2D eigenvalue weighted by molar-refractivity contribution is 5.24. The van der Waals surface area contributed by atoms with Crippen LogP contribution in [-0.2, 0) is 4.74 Å². The van der Waals surface area contributed by atoms with Crippen molar-refractivity contribution in [2.75, 3.05) is 33.4 Å². The Labute approximate surface area is 127 Å². The van der Waals surface area contributed by atoms with E-state index < -0.39 is 0 Å². The quantitative estimate of drug-likeness (QED) is 0.844. The zero-order chi connectivity index (χ0) is 14.9. The number of methoxy groups -OCH3 is 1. The molecule has 1 aromatic carbocycles. The number of likely N-dealkylation sites (tertiary alicyclic amines) is 1. The molecule has 0 bridgehead atoms. The summed E-state index contributed by atoms with van der Waals surface area (Å²) in [4.78, 5) is 6.45. The molecule has 1 saturated heterocycles. The van der Waals surface area contributed by atoms with Crippen LogP contribution in [0.25, 0.3) is 4.85 Å². The molecule has 21 heavy (non-hydrogen) atoms. The molecule has 110 valence electrons. The van der Waals surface area contributed by atoms with Gasteiger partial charge in [-0.15, -0.1) is 0 Å². The molecule has 3 nitrogen and oxygen atoms in total. The van der Waals surface area contributed by atoms with Crippen molar-refractivity contribution in [1.82, 2.24) is 4.90 Å². The van der Waals surface area contributed by atoms with Gasteiger partial charge in [0.15, 0.2) is 0 Å². The number of hydrogen-bond donors (Lipinski definition) is 0. The van der Waals surface area contributed by atoms with Crippen LogP contribution in [0, 0.1) is 6.57 Å². The third-order valence-electron chi connectivity index (χ3n) is 3.84. The first-order valence-corrected chi connectivity index (χ1v) is 7.34. The van der Waals surface area contributed by atoms with Crippen LogP contribution in [0.2, 0.25) is 0 Å². The average molecular weight is 283 g/mol. The molecule has 2 rings (SSSR count). The van der Waals surface area contributed by atoms with E-state index in [4.69, 9.17) is 11.3 Å². The summed E-state index contributed by atoms with van der Waals surface area (Å²) < 4.78 is 5.16. The standard InChI is InChI=1S/C18H23N2O/c1-19-18-15-20(12-13-21-2)14-17(18)16-10-8-6-4-3-5-7-9-11-16/h1,3-11,17-18H,12-15H2,2H3/q+1. The highest BCUT2D eigenvalue weighted by atomic mass is 16.5. The van der Waals surface area contributed by atoms with Gasteiger partial charge in [-0.05, 0) is 5.56 Å². The van der Waals surface area contributed by atoms with Gasteiger partial charge < -0.3 is 4.74 Å². The van der Waals surface area contributed by atoms with Gasteiger partial charge in [0.05, 0.1) is 19.1 Å². The molecule has 0 amide bonds. The van der Waals surface area contributed by atoms with E-state index in [0.717, 1.165) is 26.2 Å². The zero-order valence-electron chi connectivity index (χ0n) is 12.6. The summed E-state index contributed by atoms with van der Waals surface area (Å²) in [5.41, 5.74) is 1.27. The van der Waals surface area contributed by atoms with Crippen LogP contribution in [0.4, 0.5) is 0 Å². The third kappa shape index (κ3) is 4.56. The van der Waals surface area contributed by atoms with Crippen molar-refractivity contribution in [2.24, 2.45) is 0 Å². The Kier molecular flexibility index (Phi) is 6.21. The minimum atomic E-state index is 0.147. The topological polar surface area (TPSA) is 16.8 Å². The predicted octanol–water partition coefficient (Wildman–Crippen LogP) is 3.19. The molecular weight excluding hydrogens is 260 g/mol. The molecule has 0 radical (unpaired) electrons. The molecule has 1 aliphatic rings. The maximum absolute atomic E-state index is 5.62. The third-order valence-corrected chi connectivity index (χ3v) is 3.84. The summed E-state index contributed by atoms with van der Waals surface area (Å²) in [6, 6.07) is 18.7. The second-order valence-electron chi connectivity index (χ2n) is 5.26. The van der Waals surface area contributed by atoms with Gasteiger partial charge in [-0.25, -0.2) is 0 Å². The first-order valence-electron chi connectivity index (χ1n) is 7.34. The van der Waals surface area contributed by atoms with Crippen molar-refractivity contribution in [3.63, 3.8) is 0 Å². The summed E-state index contributed by atoms with van der Waals surface area (Å²) in [6.07, 6.45) is 0. The second-order valence-corrected chi connectivity index (χ2v) is 5.26. The van der Waals surface area contributed by atoms with Crippen LogP contribution in [0.1, 0.15) is 11.5 Å². The van der Waals surface area contributed by atoms with E-state index in [1.54, 1.807) is 7.11 Å². The van der Waals surface area contributed by atoms with Gasteiger partial charge in [0.1, 0.15) is 0 Å². The van der Waals surface area contributed by atoms with Gasteiger partial charge in [-0.1, -0.05) is 59.4 Å². The van der Waals surface area contributed by atoms with Crippen molar-refractivity contribution < 1.29 is 4.74 Å². The molecule has 1 aliphatic heterocycles. The Morgan fingerprint density at radius 2 is 1.71 bits per heavy atom. The molecule has 0 spiro atoms. The van der Waals surface area contributed by atoms with Gasteiger partial charge in [-0.2, -0.15) is 0 Å². The maximum Gasteiger partial charge on any atom is 0.292 e. The fourth-order valence-corrected chi connectivity index (χ4v) is 2.70. The van der Waals surface area contributed by atoms with E-state index in [1.807, 2.05) is 30.3 Å². The normalized spacial score (nSPS) is 21.5. The summed E-state index contributed by atoms with van der Waals surface area (Å²) in [5, 5.41) is 0. The summed E-state index contributed by atoms with van der Waals surface area (Å²) >= 11 is 0. The Hall–Kier alpha value is -1.89. The minimum Gasteiger partial charge on any atom is -0.383 e. The molecule has 2 unspecified atom stereocenters. The molecule has 3 heteroatoms. The van der Waals surface area contributed by atoms with Crippen LogP contribution in [0.15, 0.2) is 54.6 Å². The van der Waals surface area contributed by atoms with E-state index >= 15 is 0 Å². The molecular formula is C18H23N2O+. The van der Waals surface area contributed by atoms with Gasteiger partial charge in [0, 0.05) is 20.2 Å². The van der Waals surface area contributed by atoms with Crippen molar-refractivity contribution in [2.45, 2.75) is 12.0 Å². The molecule has 0 saturated carbocycles. The highest BCUT2D eigenvalue weighted by Gasteiger charge is 2.40. The lowest BCUT2D eigenvalue weighted by molar-refractivity contribution is 0.160. The summed E-state index contributed by atoms with van der Waals surface area (Å²) in [7, 11) is 1.73. The lowest BCUT2D eigenvalue weighted by atomic mass is 9.96. The first kappa shape index (κ1) is 15.5. The van der Waals surface area contributed by atoms with Crippen LogP contribution < -0.4 is 0 Å². The first-order chi connectivity index (χ1) is 10.3. The number of rotatable bonds is 4. The molecule has 0 N–H and O–H groups in total. The van der Waals surface area contributed by atoms with Crippen LogP contribution >= 0.6 is 0 Å². The lowest BCUT2D eigenvalue weighted by Crippen LogP contribution is -2.25. The monoisotopic (exact) mass is 283 g/mol. The van der Waals surface area contributed by atoms with E-state index in [0.29, 0.717) is 5.92 Å². The molecule has 1 heterocycles. The number of ether oxygens (including phenoxy) is 1. The van der Waals surface area contributed by atoms with Gasteiger partial charge in [0.25, 0.3) is 12.6 Å². The zero-order valence-corrected chi connectivity index (χ0v) is 12.6. The Morgan fingerprint density at radius 3 is 2.29 bits per heavy atom. The smallest absolute Gasteiger partial charge is 0.292 e. The Bertz CT molecular complexity index is 512. The Morgan fingerprint density at radius 1 is 1.10 bits per heavy atom. The molecule has 1 fully saturated rings. The van der Waals surface area contributed by atoms with Crippen molar-refractivity contribution in [3.05, 3.63) is 65.0 Å². The molecule has 1 aromatic rings. The van der Waals surface area contributed by atoms with Crippen molar-refractivity contribution in [1.29, 1.82) is 0 Å². The van der Waals surface area contributed by atoms with Crippen LogP contribution in [0.3, 0.4) is 0 Å². The SMILES string of the molecule is C#[N+]C1CN(CCOC)CC1c1ccccccccc1. The fourth-order valence-electron chi connectivity index (χ4n) is 2.70. The molecule has 0 aliphatic carbocycles. The van der Waals surface area contributed by atoms with Crippen molar-refractivity contribution in [3.8, 4) is 6.57 Å². The van der Waals surface area contributed by atoms with E-state index in [9.17, 15) is 0 Å². The number of hydrogen-bond acceptors (Lipinski definition) is 2. The van der Waals surface area contributed by atoms with Gasteiger partial charge in [-0.3, -0.25) is 4.90 Å². The van der Waals surface area contributed by atoms with E-state index in [-0.39, 0.29) is 6.04 Å². The maximum atomic E-state index is 5.62. The summed E-state index contributed by atoms with van der Waals surface area (Å²) in [5.74, 6) is 0.338. The van der Waals surface area contributed by atoms with Crippen LogP contribution in [0.5, 0.6) is 0 Å². The molecule has 2 atom stereocenters. The second kappa shape index (κ2) is 8.41. The highest BCUT2D eigenvalue weighted by Crippen LogP contribution is 2.29. The van der Waals surface area contributed by atoms with Crippen LogP contribution in [-0.4, -0.2) is 44.3 Å². The van der Waals surface area contributed by atoms with E-state index in [2.05, 4.69) is 34.0 Å². The van der Waals surface area contributed by atoms with Crippen molar-refractivity contribution >= 4 is 0 Å². The lowest BCUT2D eigenvalue weighted by Gasteiger charge is -2.13. The number of nitrogens with zero attached hydrogens (tertiary/aromatic N) is 2. The predicted molar refractivity (Wildman–Crippen MR) is 87.2 cm³/mol. The Balaban J connectivity index is 2.22. The van der Waals surface area contributed by atoms with Gasteiger partial charge >= 0.3 is 0 Å². The largest absolute Gasteiger partial charge is 0.383 e.